The van der Waals surface area contributed by atoms with Gasteiger partial charge in [0.25, 0.3) is 5.91 Å². The molecular formula is C14H17NO5. The summed E-state index contributed by atoms with van der Waals surface area (Å²) in [5.74, 6) is -1.31. The van der Waals surface area contributed by atoms with Gasteiger partial charge in [-0.25, -0.2) is 4.79 Å². The van der Waals surface area contributed by atoms with E-state index in [2.05, 4.69) is 0 Å². The molecule has 0 spiro atoms. The summed E-state index contributed by atoms with van der Waals surface area (Å²) in [5.41, 5.74) is 0.409. The molecule has 6 nitrogen and oxygen atoms in total. The Kier molecular flexibility index (Phi) is 4.36. The molecule has 20 heavy (non-hydrogen) atoms. The molecule has 0 bridgehead atoms. The van der Waals surface area contributed by atoms with Crippen LogP contribution in [0, 0.1) is 0 Å². The zero-order valence-corrected chi connectivity index (χ0v) is 11.2. The number of rotatable bonds is 3. The predicted octanol–water partition coefficient (Wildman–Crippen LogP) is 0.607. The molecule has 1 aromatic carbocycles. The van der Waals surface area contributed by atoms with Crippen LogP contribution in [0.25, 0.3) is 0 Å². The summed E-state index contributed by atoms with van der Waals surface area (Å²) in [6, 6.07) is 5.93. The van der Waals surface area contributed by atoms with E-state index in [9.17, 15) is 9.59 Å². The molecule has 0 aromatic heterocycles. The summed E-state index contributed by atoms with van der Waals surface area (Å²) in [6.45, 7) is 2.41. The van der Waals surface area contributed by atoms with Gasteiger partial charge >= 0.3 is 5.97 Å². The van der Waals surface area contributed by atoms with Crippen LogP contribution >= 0.6 is 0 Å². The van der Waals surface area contributed by atoms with Gasteiger partial charge in [0.1, 0.15) is 0 Å². The third-order valence-corrected chi connectivity index (χ3v) is 3.17. The zero-order valence-electron chi connectivity index (χ0n) is 11.2. The first kappa shape index (κ1) is 14.5. The highest BCUT2D eigenvalue weighted by Gasteiger charge is 2.28. The van der Waals surface area contributed by atoms with E-state index in [0.29, 0.717) is 18.7 Å². The van der Waals surface area contributed by atoms with Crippen LogP contribution in [0.4, 0.5) is 0 Å². The largest absolute Gasteiger partial charge is 0.478 e. The first-order valence-electron chi connectivity index (χ1n) is 6.40. The summed E-state index contributed by atoms with van der Waals surface area (Å²) < 4.78 is 5.48. The third-order valence-electron chi connectivity index (χ3n) is 3.17. The Bertz CT molecular complexity index is 516. The molecule has 6 heteroatoms. The Hall–Kier alpha value is -1.92. The number of hydrogen-bond acceptors (Lipinski definition) is 4. The van der Waals surface area contributed by atoms with Crippen molar-refractivity contribution >= 4 is 11.9 Å². The molecule has 2 unspecified atom stereocenters. The van der Waals surface area contributed by atoms with Crippen LogP contribution in [0.1, 0.15) is 27.6 Å². The van der Waals surface area contributed by atoms with Crippen LogP contribution in [0.5, 0.6) is 0 Å². The molecule has 1 fully saturated rings. The number of carbonyl (C=O) groups excluding carboxylic acids is 1. The lowest BCUT2D eigenvalue weighted by Crippen LogP contribution is -2.50. The Morgan fingerprint density at radius 1 is 1.35 bits per heavy atom. The van der Waals surface area contributed by atoms with E-state index in [1.165, 1.54) is 12.1 Å². The van der Waals surface area contributed by atoms with Gasteiger partial charge in [-0.2, -0.15) is 0 Å². The number of carboxylic acids is 1. The summed E-state index contributed by atoms with van der Waals surface area (Å²) in [4.78, 5) is 24.9. The number of aromatic carboxylic acids is 1. The Labute approximate surface area is 116 Å². The fourth-order valence-electron chi connectivity index (χ4n) is 2.28. The highest BCUT2D eigenvalue weighted by atomic mass is 16.5. The normalized spacial score (nSPS) is 22.6. The number of aliphatic hydroxyl groups is 1. The zero-order chi connectivity index (χ0) is 14.7. The highest BCUT2D eigenvalue weighted by molar-refractivity contribution is 5.97. The number of carboxylic acid groups (broad SMARTS) is 1. The maximum atomic E-state index is 12.4. The number of amides is 1. The van der Waals surface area contributed by atoms with E-state index in [1.54, 1.807) is 17.0 Å². The van der Waals surface area contributed by atoms with Gasteiger partial charge in [0, 0.05) is 18.7 Å². The SMILES string of the molecule is CC1CN(C(=O)c2cccc(C(=O)O)c2)CC(CO)O1. The molecule has 1 aliphatic heterocycles. The van der Waals surface area contributed by atoms with Crippen LogP contribution in [-0.2, 0) is 4.74 Å². The number of aliphatic hydroxyl groups excluding tert-OH is 1. The highest BCUT2D eigenvalue weighted by Crippen LogP contribution is 2.15. The second-order valence-electron chi connectivity index (χ2n) is 4.85. The van der Waals surface area contributed by atoms with E-state index >= 15 is 0 Å². The van der Waals surface area contributed by atoms with Gasteiger partial charge in [0.15, 0.2) is 0 Å². The van der Waals surface area contributed by atoms with Crippen molar-refractivity contribution in [2.45, 2.75) is 19.1 Å². The quantitative estimate of drug-likeness (QED) is 0.846. The molecule has 1 aromatic rings. The molecular weight excluding hydrogens is 262 g/mol. The van der Waals surface area contributed by atoms with E-state index < -0.39 is 12.1 Å². The van der Waals surface area contributed by atoms with Gasteiger partial charge in [-0.1, -0.05) is 6.07 Å². The molecule has 2 N–H and O–H groups in total. The number of hydrogen-bond donors (Lipinski definition) is 2. The molecule has 1 aliphatic rings. The molecule has 108 valence electrons. The Morgan fingerprint density at radius 2 is 2.05 bits per heavy atom. The lowest BCUT2D eigenvalue weighted by molar-refractivity contribution is -0.0858. The first-order valence-corrected chi connectivity index (χ1v) is 6.40. The number of carbonyl (C=O) groups is 2. The van der Waals surface area contributed by atoms with Crippen molar-refractivity contribution in [1.29, 1.82) is 0 Å². The maximum Gasteiger partial charge on any atom is 0.335 e. The van der Waals surface area contributed by atoms with Crippen molar-refractivity contribution in [3.05, 3.63) is 35.4 Å². The standard InChI is InChI=1S/C14H17NO5/c1-9-6-15(7-12(8-16)20-9)13(17)10-3-2-4-11(5-10)14(18)19/h2-5,9,12,16H,6-8H2,1H3,(H,18,19). The van der Waals surface area contributed by atoms with Gasteiger partial charge in [-0.15, -0.1) is 0 Å². The lowest BCUT2D eigenvalue weighted by Gasteiger charge is -2.36. The monoisotopic (exact) mass is 279 g/mol. The topological polar surface area (TPSA) is 87.1 Å². The van der Waals surface area contributed by atoms with Gasteiger partial charge in [0.2, 0.25) is 0 Å². The second kappa shape index (κ2) is 6.02. The molecule has 1 amide bonds. The third kappa shape index (κ3) is 3.15. The Morgan fingerprint density at radius 3 is 2.70 bits per heavy atom. The van der Waals surface area contributed by atoms with E-state index in [4.69, 9.17) is 14.9 Å². The van der Waals surface area contributed by atoms with Crippen LogP contribution in [0.15, 0.2) is 24.3 Å². The van der Waals surface area contributed by atoms with Crippen LogP contribution in [0.3, 0.4) is 0 Å². The van der Waals surface area contributed by atoms with Gasteiger partial charge in [-0.05, 0) is 25.1 Å². The predicted molar refractivity (Wildman–Crippen MR) is 70.7 cm³/mol. The first-order chi connectivity index (χ1) is 9.51. The van der Waals surface area contributed by atoms with Gasteiger partial charge in [0.05, 0.1) is 24.4 Å². The minimum absolute atomic E-state index is 0.0795. The maximum absolute atomic E-state index is 12.4. The van der Waals surface area contributed by atoms with Crippen LogP contribution in [-0.4, -0.2) is 58.9 Å². The van der Waals surface area contributed by atoms with Crippen molar-refractivity contribution in [2.24, 2.45) is 0 Å². The van der Waals surface area contributed by atoms with Crippen molar-refractivity contribution in [2.75, 3.05) is 19.7 Å². The van der Waals surface area contributed by atoms with Crippen LogP contribution in [0.2, 0.25) is 0 Å². The molecule has 2 rings (SSSR count). The number of morpholine rings is 1. The minimum atomic E-state index is -1.07. The fraction of sp³-hybridized carbons (Fsp3) is 0.429. The molecule has 1 saturated heterocycles. The van der Waals surface area contributed by atoms with Crippen molar-refractivity contribution in [3.8, 4) is 0 Å². The van der Waals surface area contributed by atoms with Gasteiger partial charge < -0.3 is 19.8 Å². The molecule has 0 saturated carbocycles. The second-order valence-corrected chi connectivity index (χ2v) is 4.85. The van der Waals surface area contributed by atoms with Gasteiger partial charge in [-0.3, -0.25) is 4.79 Å². The molecule has 0 aliphatic carbocycles. The number of ether oxygens (including phenoxy) is 1. The number of benzene rings is 1. The summed E-state index contributed by atoms with van der Waals surface area (Å²) in [6.07, 6.45) is -0.558. The number of nitrogens with zero attached hydrogens (tertiary/aromatic N) is 1. The lowest BCUT2D eigenvalue weighted by atomic mass is 10.1. The van der Waals surface area contributed by atoms with E-state index in [-0.39, 0.29) is 24.2 Å². The average Bonchev–Trinajstić information content (AvgIpc) is 2.45. The summed E-state index contributed by atoms with van der Waals surface area (Å²) in [7, 11) is 0. The summed E-state index contributed by atoms with van der Waals surface area (Å²) >= 11 is 0. The molecule has 2 atom stereocenters. The average molecular weight is 279 g/mol. The summed E-state index contributed by atoms with van der Waals surface area (Å²) in [5, 5.41) is 18.1. The van der Waals surface area contributed by atoms with Crippen molar-refractivity contribution in [3.63, 3.8) is 0 Å². The Balaban J connectivity index is 2.18. The van der Waals surface area contributed by atoms with Crippen LogP contribution < -0.4 is 0 Å². The van der Waals surface area contributed by atoms with Crippen molar-refractivity contribution < 1.29 is 24.5 Å². The fourth-order valence-corrected chi connectivity index (χ4v) is 2.28. The minimum Gasteiger partial charge on any atom is -0.478 e. The van der Waals surface area contributed by atoms with E-state index in [1.807, 2.05) is 6.92 Å². The molecule has 1 heterocycles. The smallest absolute Gasteiger partial charge is 0.335 e. The molecule has 0 radical (unpaired) electrons. The van der Waals surface area contributed by atoms with Crippen molar-refractivity contribution in [1.82, 2.24) is 4.90 Å². The van der Waals surface area contributed by atoms with E-state index in [0.717, 1.165) is 0 Å².